The molecular weight excluding hydrogens is 336 g/mol. The van der Waals surface area contributed by atoms with Crippen molar-refractivity contribution in [3.8, 4) is 0 Å². The van der Waals surface area contributed by atoms with E-state index in [0.717, 1.165) is 9.47 Å². The highest BCUT2D eigenvalue weighted by Gasteiger charge is 2.15. The number of amides is 1. The van der Waals surface area contributed by atoms with Crippen molar-refractivity contribution in [1.82, 2.24) is 4.90 Å². The number of rotatable bonds is 4. The van der Waals surface area contributed by atoms with Crippen molar-refractivity contribution in [3.05, 3.63) is 50.6 Å². The van der Waals surface area contributed by atoms with Crippen molar-refractivity contribution >= 4 is 38.9 Å². The molecule has 2 rings (SSSR count). The lowest BCUT2D eigenvalue weighted by Crippen LogP contribution is -2.23. The molecule has 5 heteroatoms. The Morgan fingerprint density at radius 1 is 1.25 bits per heavy atom. The van der Waals surface area contributed by atoms with Gasteiger partial charge in [-0.25, -0.2) is 0 Å². The third kappa shape index (κ3) is 3.41. The first-order chi connectivity index (χ1) is 9.49. The molecule has 0 saturated carbocycles. The van der Waals surface area contributed by atoms with Gasteiger partial charge in [0, 0.05) is 24.7 Å². The Hall–Kier alpha value is -1.33. The van der Waals surface area contributed by atoms with Crippen molar-refractivity contribution in [2.75, 3.05) is 19.4 Å². The van der Waals surface area contributed by atoms with Gasteiger partial charge < -0.3 is 10.2 Å². The fourth-order valence-electron chi connectivity index (χ4n) is 1.90. The van der Waals surface area contributed by atoms with E-state index in [2.05, 4.69) is 34.2 Å². The average Bonchev–Trinajstić information content (AvgIpc) is 2.85. The molecule has 0 spiro atoms. The number of benzene rings is 1. The molecule has 1 atom stereocenters. The van der Waals surface area contributed by atoms with E-state index in [4.69, 9.17) is 0 Å². The summed E-state index contributed by atoms with van der Waals surface area (Å²) < 4.78 is 1.11. The predicted molar refractivity (Wildman–Crippen MR) is 88.5 cm³/mol. The molecule has 1 amide bonds. The third-order valence-electron chi connectivity index (χ3n) is 2.96. The quantitative estimate of drug-likeness (QED) is 0.884. The van der Waals surface area contributed by atoms with Crippen LogP contribution in [0, 0.1) is 0 Å². The SMILES string of the molecule is CC(Nc1ccccc1C(=O)N(C)C)c1ccc(Br)s1. The molecule has 1 heterocycles. The number of nitrogens with zero attached hydrogens (tertiary/aromatic N) is 1. The zero-order chi connectivity index (χ0) is 14.7. The Bertz CT molecular complexity index is 609. The number of carbonyl (C=O) groups is 1. The van der Waals surface area contributed by atoms with Crippen LogP contribution in [0.3, 0.4) is 0 Å². The maximum Gasteiger partial charge on any atom is 0.255 e. The molecule has 0 bridgehead atoms. The van der Waals surface area contributed by atoms with Gasteiger partial charge in [-0.15, -0.1) is 11.3 Å². The number of halogens is 1. The molecule has 1 unspecified atom stereocenters. The van der Waals surface area contributed by atoms with Crippen LogP contribution in [0.5, 0.6) is 0 Å². The molecule has 106 valence electrons. The van der Waals surface area contributed by atoms with Gasteiger partial charge in [0.05, 0.1) is 15.4 Å². The summed E-state index contributed by atoms with van der Waals surface area (Å²) in [5.41, 5.74) is 1.56. The van der Waals surface area contributed by atoms with E-state index >= 15 is 0 Å². The van der Waals surface area contributed by atoms with Gasteiger partial charge in [-0.3, -0.25) is 4.79 Å². The number of anilines is 1. The number of nitrogens with one attached hydrogen (secondary N) is 1. The van der Waals surface area contributed by atoms with Gasteiger partial charge in [-0.1, -0.05) is 12.1 Å². The van der Waals surface area contributed by atoms with E-state index in [1.807, 2.05) is 30.3 Å². The average molecular weight is 353 g/mol. The van der Waals surface area contributed by atoms with Crippen LogP contribution in [-0.4, -0.2) is 24.9 Å². The molecule has 0 aliphatic carbocycles. The largest absolute Gasteiger partial charge is 0.377 e. The van der Waals surface area contributed by atoms with E-state index in [1.54, 1.807) is 30.3 Å². The van der Waals surface area contributed by atoms with E-state index in [0.29, 0.717) is 5.56 Å². The van der Waals surface area contributed by atoms with Crippen LogP contribution in [0.4, 0.5) is 5.69 Å². The molecule has 0 radical (unpaired) electrons. The van der Waals surface area contributed by atoms with Gasteiger partial charge in [-0.2, -0.15) is 0 Å². The van der Waals surface area contributed by atoms with Crippen LogP contribution in [0.1, 0.15) is 28.2 Å². The maximum atomic E-state index is 12.2. The first-order valence-corrected chi connectivity index (χ1v) is 7.92. The molecule has 0 aliphatic heterocycles. The summed E-state index contributed by atoms with van der Waals surface area (Å²) in [6.45, 7) is 2.09. The second kappa shape index (κ2) is 6.41. The van der Waals surface area contributed by atoms with E-state index < -0.39 is 0 Å². The minimum absolute atomic E-state index is 0.00709. The van der Waals surface area contributed by atoms with Gasteiger partial charge in [0.1, 0.15) is 0 Å². The van der Waals surface area contributed by atoms with Crippen LogP contribution in [0.2, 0.25) is 0 Å². The highest BCUT2D eigenvalue weighted by molar-refractivity contribution is 9.11. The molecule has 1 aromatic carbocycles. The fourth-order valence-corrected chi connectivity index (χ4v) is 3.33. The first-order valence-electron chi connectivity index (χ1n) is 6.31. The van der Waals surface area contributed by atoms with Crippen LogP contribution in [0.25, 0.3) is 0 Å². The molecular formula is C15H17BrN2OS. The Morgan fingerprint density at radius 2 is 1.95 bits per heavy atom. The van der Waals surface area contributed by atoms with Gasteiger partial charge >= 0.3 is 0 Å². The molecule has 1 aromatic heterocycles. The molecule has 0 fully saturated rings. The van der Waals surface area contributed by atoms with E-state index in [-0.39, 0.29) is 11.9 Å². The van der Waals surface area contributed by atoms with Crippen molar-refractivity contribution < 1.29 is 4.79 Å². The molecule has 2 aromatic rings. The highest BCUT2D eigenvalue weighted by Crippen LogP contribution is 2.30. The van der Waals surface area contributed by atoms with Crippen LogP contribution in [0.15, 0.2) is 40.2 Å². The smallest absolute Gasteiger partial charge is 0.255 e. The summed E-state index contributed by atoms with van der Waals surface area (Å²) in [5, 5.41) is 3.42. The number of para-hydroxylation sites is 1. The Labute approximate surface area is 131 Å². The zero-order valence-corrected chi connectivity index (χ0v) is 14.1. The van der Waals surface area contributed by atoms with Crippen molar-refractivity contribution in [2.45, 2.75) is 13.0 Å². The van der Waals surface area contributed by atoms with Crippen molar-refractivity contribution in [2.24, 2.45) is 0 Å². The normalized spacial score (nSPS) is 12.0. The standard InChI is InChI=1S/C15H17BrN2OS/c1-10(13-8-9-14(16)20-13)17-12-7-5-4-6-11(12)15(19)18(2)3/h4-10,17H,1-3H3. The molecule has 20 heavy (non-hydrogen) atoms. The Morgan fingerprint density at radius 3 is 2.55 bits per heavy atom. The predicted octanol–water partition coefficient (Wildman–Crippen LogP) is 4.39. The van der Waals surface area contributed by atoms with Crippen LogP contribution in [-0.2, 0) is 0 Å². The molecule has 1 N–H and O–H groups in total. The molecule has 0 saturated heterocycles. The maximum absolute atomic E-state index is 12.2. The number of hydrogen-bond donors (Lipinski definition) is 1. The monoisotopic (exact) mass is 352 g/mol. The van der Waals surface area contributed by atoms with Gasteiger partial charge in [-0.05, 0) is 47.1 Å². The first kappa shape index (κ1) is 15.1. The Kier molecular flexibility index (Phi) is 4.83. The summed E-state index contributed by atoms with van der Waals surface area (Å²) in [6.07, 6.45) is 0. The van der Waals surface area contributed by atoms with Crippen LogP contribution < -0.4 is 5.32 Å². The zero-order valence-electron chi connectivity index (χ0n) is 11.7. The third-order valence-corrected chi connectivity index (χ3v) is 4.76. The number of carbonyl (C=O) groups excluding carboxylic acids is 1. The lowest BCUT2D eigenvalue weighted by molar-refractivity contribution is 0.0828. The van der Waals surface area contributed by atoms with Gasteiger partial charge in [0.25, 0.3) is 5.91 Å². The summed E-state index contributed by atoms with van der Waals surface area (Å²) in [4.78, 5) is 15.0. The summed E-state index contributed by atoms with van der Waals surface area (Å²) >= 11 is 5.17. The summed E-state index contributed by atoms with van der Waals surface area (Å²) in [7, 11) is 3.53. The second-order valence-corrected chi connectivity index (χ2v) is 7.25. The van der Waals surface area contributed by atoms with Crippen molar-refractivity contribution in [3.63, 3.8) is 0 Å². The number of thiophene rings is 1. The van der Waals surface area contributed by atoms with Crippen molar-refractivity contribution in [1.29, 1.82) is 0 Å². The second-order valence-electron chi connectivity index (χ2n) is 4.75. The topological polar surface area (TPSA) is 32.3 Å². The molecule has 0 aliphatic rings. The summed E-state index contributed by atoms with van der Waals surface area (Å²) in [5.74, 6) is 0.00709. The van der Waals surface area contributed by atoms with Gasteiger partial charge in [0.15, 0.2) is 0 Å². The van der Waals surface area contributed by atoms with E-state index in [1.165, 1.54) is 4.88 Å². The molecule has 3 nitrogen and oxygen atoms in total. The van der Waals surface area contributed by atoms with Gasteiger partial charge in [0.2, 0.25) is 0 Å². The lowest BCUT2D eigenvalue weighted by Gasteiger charge is -2.18. The van der Waals surface area contributed by atoms with E-state index in [9.17, 15) is 4.79 Å². The minimum Gasteiger partial charge on any atom is -0.377 e. The lowest BCUT2D eigenvalue weighted by atomic mass is 10.1. The summed E-state index contributed by atoms with van der Waals surface area (Å²) in [6, 6.07) is 11.9. The highest BCUT2D eigenvalue weighted by atomic mass is 79.9. The van der Waals surface area contributed by atoms with Crippen LogP contribution >= 0.6 is 27.3 Å². The number of hydrogen-bond acceptors (Lipinski definition) is 3. The minimum atomic E-state index is 0.00709. The Balaban J connectivity index is 2.23. The fraction of sp³-hybridized carbons (Fsp3) is 0.267.